The molecule has 0 fully saturated rings. The van der Waals surface area contributed by atoms with Gasteiger partial charge in [-0.2, -0.15) is 4.98 Å². The van der Waals surface area contributed by atoms with Gasteiger partial charge in [0.2, 0.25) is 11.8 Å². The fourth-order valence-corrected chi connectivity index (χ4v) is 1.32. The first kappa shape index (κ1) is 14.1. The predicted octanol–water partition coefficient (Wildman–Crippen LogP) is 0.787. The van der Waals surface area contributed by atoms with E-state index in [9.17, 15) is 10.1 Å². The lowest BCUT2D eigenvalue weighted by Crippen LogP contribution is -2.25. The molecule has 0 aliphatic rings. The van der Waals surface area contributed by atoms with E-state index in [-0.39, 0.29) is 29.5 Å². The fraction of sp³-hybridized carbons (Fsp3) is 0.600. The highest BCUT2D eigenvalue weighted by Gasteiger charge is 2.19. The molecule has 0 unspecified atom stereocenters. The Hall–Kier alpha value is -1.96. The van der Waals surface area contributed by atoms with Gasteiger partial charge in [-0.15, -0.1) is 0 Å². The number of hydrogen-bond donors (Lipinski definition) is 3. The van der Waals surface area contributed by atoms with Gasteiger partial charge in [0.05, 0.1) is 4.92 Å². The molecule has 0 spiro atoms. The summed E-state index contributed by atoms with van der Waals surface area (Å²) >= 11 is 0. The van der Waals surface area contributed by atoms with Crippen LogP contribution in [0.1, 0.15) is 20.3 Å². The number of hydrogen-bond acceptors (Lipinski definition) is 7. The minimum atomic E-state index is -0.630. The molecule has 1 aromatic heterocycles. The molecule has 0 aromatic carbocycles. The predicted molar refractivity (Wildman–Crippen MR) is 67.1 cm³/mol. The number of nitrogens with two attached hydrogens (primary N) is 1. The first-order chi connectivity index (χ1) is 8.35. The molecular formula is C10H17N5O3. The molecule has 0 saturated carbocycles. The second-order valence-corrected chi connectivity index (χ2v) is 4.71. The van der Waals surface area contributed by atoms with Gasteiger partial charge in [0.1, 0.15) is 6.20 Å². The number of aromatic nitrogens is 2. The SMILES string of the molecule is CC(C)(CCO)CNc1ncc([N+](=O)[O-])c(N)n1. The Bertz CT molecular complexity index is 436. The number of aliphatic hydroxyl groups is 1. The summed E-state index contributed by atoms with van der Waals surface area (Å²) in [6.45, 7) is 4.58. The van der Waals surface area contributed by atoms with Crippen molar-refractivity contribution in [1.82, 2.24) is 9.97 Å². The number of anilines is 2. The maximum atomic E-state index is 10.5. The summed E-state index contributed by atoms with van der Waals surface area (Å²) in [7, 11) is 0. The monoisotopic (exact) mass is 255 g/mol. The summed E-state index contributed by atoms with van der Waals surface area (Å²) in [6, 6.07) is 0. The molecule has 0 aliphatic heterocycles. The van der Waals surface area contributed by atoms with Crippen molar-refractivity contribution < 1.29 is 10.0 Å². The van der Waals surface area contributed by atoms with Crippen LogP contribution < -0.4 is 11.1 Å². The standard InChI is InChI=1S/C10H17N5O3/c1-10(2,3-4-16)6-13-9-12-5-7(15(17)18)8(11)14-9/h5,16H,3-4,6H2,1-2H3,(H3,11,12,13,14). The molecule has 18 heavy (non-hydrogen) atoms. The van der Waals surface area contributed by atoms with Gasteiger partial charge in [-0.25, -0.2) is 4.98 Å². The van der Waals surface area contributed by atoms with Gasteiger partial charge in [0, 0.05) is 13.2 Å². The zero-order chi connectivity index (χ0) is 13.8. The molecule has 0 bridgehead atoms. The van der Waals surface area contributed by atoms with Crippen LogP contribution in [0.2, 0.25) is 0 Å². The van der Waals surface area contributed by atoms with Crippen LogP contribution in [0.3, 0.4) is 0 Å². The summed E-state index contributed by atoms with van der Waals surface area (Å²) in [6.07, 6.45) is 1.70. The highest BCUT2D eigenvalue weighted by molar-refractivity contribution is 5.53. The number of rotatable bonds is 6. The van der Waals surface area contributed by atoms with Crippen LogP contribution in [0.25, 0.3) is 0 Å². The highest BCUT2D eigenvalue weighted by atomic mass is 16.6. The lowest BCUT2D eigenvalue weighted by Gasteiger charge is -2.23. The number of nitrogen functional groups attached to an aromatic ring is 1. The third-order valence-electron chi connectivity index (χ3n) is 2.51. The largest absolute Gasteiger partial charge is 0.396 e. The maximum absolute atomic E-state index is 10.5. The van der Waals surface area contributed by atoms with E-state index in [0.717, 1.165) is 6.20 Å². The van der Waals surface area contributed by atoms with Gasteiger partial charge in [0.25, 0.3) is 0 Å². The number of aliphatic hydroxyl groups excluding tert-OH is 1. The second kappa shape index (κ2) is 5.58. The number of nitrogens with zero attached hydrogens (tertiary/aromatic N) is 3. The van der Waals surface area contributed by atoms with Crippen LogP contribution in [-0.4, -0.2) is 33.1 Å². The molecule has 4 N–H and O–H groups in total. The van der Waals surface area contributed by atoms with Gasteiger partial charge in [0.15, 0.2) is 0 Å². The molecule has 1 rings (SSSR count). The summed E-state index contributed by atoms with van der Waals surface area (Å²) in [5.41, 5.74) is 5.01. The number of nitro groups is 1. The van der Waals surface area contributed by atoms with Crippen LogP contribution >= 0.6 is 0 Å². The van der Waals surface area contributed by atoms with E-state index in [4.69, 9.17) is 10.8 Å². The molecule has 100 valence electrons. The summed E-state index contributed by atoms with van der Waals surface area (Å²) in [5, 5.41) is 22.4. The van der Waals surface area contributed by atoms with Crippen molar-refractivity contribution in [2.24, 2.45) is 5.41 Å². The third kappa shape index (κ3) is 3.81. The smallest absolute Gasteiger partial charge is 0.329 e. The van der Waals surface area contributed by atoms with Gasteiger partial charge < -0.3 is 16.2 Å². The van der Waals surface area contributed by atoms with E-state index in [0.29, 0.717) is 13.0 Å². The van der Waals surface area contributed by atoms with Crippen molar-refractivity contribution >= 4 is 17.5 Å². The van der Waals surface area contributed by atoms with E-state index in [1.54, 1.807) is 0 Å². The first-order valence-corrected chi connectivity index (χ1v) is 5.47. The van der Waals surface area contributed by atoms with Crippen molar-refractivity contribution in [2.75, 3.05) is 24.2 Å². The van der Waals surface area contributed by atoms with Gasteiger partial charge in [-0.3, -0.25) is 10.1 Å². The van der Waals surface area contributed by atoms with E-state index >= 15 is 0 Å². The molecule has 0 aliphatic carbocycles. The molecule has 0 atom stereocenters. The van der Waals surface area contributed by atoms with E-state index in [2.05, 4.69) is 15.3 Å². The Labute approximate surface area is 104 Å². The Morgan fingerprint density at radius 1 is 1.61 bits per heavy atom. The van der Waals surface area contributed by atoms with E-state index in [1.807, 2.05) is 13.8 Å². The Morgan fingerprint density at radius 2 is 2.28 bits per heavy atom. The van der Waals surface area contributed by atoms with Gasteiger partial charge in [-0.05, 0) is 11.8 Å². The van der Waals surface area contributed by atoms with Gasteiger partial charge in [-0.1, -0.05) is 13.8 Å². The normalized spacial score (nSPS) is 11.3. The Morgan fingerprint density at radius 3 is 2.78 bits per heavy atom. The summed E-state index contributed by atoms with van der Waals surface area (Å²) in [5.74, 6) is 0.0709. The molecule has 1 heterocycles. The zero-order valence-electron chi connectivity index (χ0n) is 10.4. The molecule has 8 heteroatoms. The summed E-state index contributed by atoms with van der Waals surface area (Å²) < 4.78 is 0. The van der Waals surface area contributed by atoms with E-state index in [1.165, 1.54) is 0 Å². The molecule has 0 radical (unpaired) electrons. The summed E-state index contributed by atoms with van der Waals surface area (Å²) in [4.78, 5) is 17.5. The lowest BCUT2D eigenvalue weighted by molar-refractivity contribution is -0.384. The van der Waals surface area contributed by atoms with Crippen LogP contribution in [0.15, 0.2) is 6.20 Å². The fourth-order valence-electron chi connectivity index (χ4n) is 1.32. The lowest BCUT2D eigenvalue weighted by atomic mass is 9.90. The number of nitrogens with one attached hydrogen (secondary N) is 1. The maximum Gasteiger partial charge on any atom is 0.329 e. The molecule has 8 nitrogen and oxygen atoms in total. The van der Waals surface area contributed by atoms with Crippen molar-refractivity contribution in [2.45, 2.75) is 20.3 Å². The zero-order valence-corrected chi connectivity index (χ0v) is 10.4. The van der Waals surface area contributed by atoms with Crippen molar-refractivity contribution in [1.29, 1.82) is 0 Å². The Balaban J connectivity index is 2.70. The minimum absolute atomic E-state index is 0.0952. The van der Waals surface area contributed by atoms with E-state index < -0.39 is 4.92 Å². The van der Waals surface area contributed by atoms with Crippen molar-refractivity contribution in [3.8, 4) is 0 Å². The van der Waals surface area contributed by atoms with Crippen molar-refractivity contribution in [3.05, 3.63) is 16.3 Å². The minimum Gasteiger partial charge on any atom is -0.396 e. The average molecular weight is 255 g/mol. The van der Waals surface area contributed by atoms with Crippen LogP contribution in [0.4, 0.5) is 17.5 Å². The van der Waals surface area contributed by atoms with Crippen LogP contribution in [0, 0.1) is 15.5 Å². The second-order valence-electron chi connectivity index (χ2n) is 4.71. The molecule has 0 saturated heterocycles. The Kier molecular flexibility index (Phi) is 4.38. The van der Waals surface area contributed by atoms with Crippen molar-refractivity contribution in [3.63, 3.8) is 0 Å². The molecule has 1 aromatic rings. The quantitative estimate of drug-likeness (QED) is 0.506. The topological polar surface area (TPSA) is 127 Å². The highest BCUT2D eigenvalue weighted by Crippen LogP contribution is 2.21. The van der Waals surface area contributed by atoms with Crippen LogP contribution in [0.5, 0.6) is 0 Å². The first-order valence-electron chi connectivity index (χ1n) is 5.47. The van der Waals surface area contributed by atoms with Crippen LogP contribution in [-0.2, 0) is 0 Å². The van der Waals surface area contributed by atoms with Gasteiger partial charge >= 0.3 is 5.69 Å². The third-order valence-corrected chi connectivity index (χ3v) is 2.51. The molecular weight excluding hydrogens is 238 g/mol. The molecule has 0 amide bonds. The average Bonchev–Trinajstić information content (AvgIpc) is 2.26.